The first kappa shape index (κ1) is 15.6. The Bertz CT molecular complexity index is 400. The number of carbonyl (C=O) groups excluding carboxylic acids is 1. The number of thioether (sulfide) groups is 1. The van der Waals surface area contributed by atoms with Gasteiger partial charge in [-0.05, 0) is 20.1 Å². The van der Waals surface area contributed by atoms with Gasteiger partial charge in [-0.3, -0.25) is 4.79 Å². The summed E-state index contributed by atoms with van der Waals surface area (Å²) in [6, 6.07) is 1.79. The van der Waals surface area contributed by atoms with Gasteiger partial charge in [0.25, 0.3) is 0 Å². The lowest BCUT2D eigenvalue weighted by atomic mass is 10.4. The second-order valence-electron chi connectivity index (χ2n) is 3.79. The summed E-state index contributed by atoms with van der Waals surface area (Å²) in [4.78, 5) is 22.3. The summed E-state index contributed by atoms with van der Waals surface area (Å²) in [5.41, 5.74) is 0. The van der Waals surface area contributed by atoms with Crippen LogP contribution < -0.4 is 10.6 Å². The standard InChI is InChI=1S/C12H21N5OS/c1-5-17(6-2)11(18)8-14-10-7-9(13-3)15-12(16-10)19-4/h7H,5-6,8H2,1-4H3,(H2,13,14,15,16). The molecule has 0 saturated carbocycles. The lowest BCUT2D eigenvalue weighted by Crippen LogP contribution is -2.35. The van der Waals surface area contributed by atoms with Crippen LogP contribution >= 0.6 is 11.8 Å². The first-order chi connectivity index (χ1) is 9.14. The molecule has 1 rings (SSSR count). The van der Waals surface area contributed by atoms with Crippen LogP contribution in [0, 0.1) is 0 Å². The Morgan fingerprint density at radius 2 is 1.95 bits per heavy atom. The third-order valence-electron chi connectivity index (χ3n) is 2.68. The molecule has 1 aromatic rings. The van der Waals surface area contributed by atoms with Crippen molar-refractivity contribution in [3.05, 3.63) is 6.07 Å². The molecule has 0 spiro atoms. The van der Waals surface area contributed by atoms with E-state index in [1.807, 2.05) is 20.1 Å². The smallest absolute Gasteiger partial charge is 0.241 e. The van der Waals surface area contributed by atoms with Crippen LogP contribution in [0.25, 0.3) is 0 Å². The van der Waals surface area contributed by atoms with E-state index in [4.69, 9.17) is 0 Å². The summed E-state index contributed by atoms with van der Waals surface area (Å²) in [5, 5.41) is 6.69. The van der Waals surface area contributed by atoms with E-state index in [2.05, 4.69) is 20.6 Å². The van der Waals surface area contributed by atoms with E-state index in [0.717, 1.165) is 18.9 Å². The normalized spacial score (nSPS) is 10.1. The zero-order valence-corrected chi connectivity index (χ0v) is 12.7. The summed E-state index contributed by atoms with van der Waals surface area (Å²) in [6.07, 6.45) is 1.92. The molecule has 0 aromatic carbocycles. The molecule has 2 N–H and O–H groups in total. The van der Waals surface area contributed by atoms with Crippen LogP contribution in [0.15, 0.2) is 11.2 Å². The maximum atomic E-state index is 11.9. The summed E-state index contributed by atoms with van der Waals surface area (Å²) < 4.78 is 0. The molecule has 1 aromatic heterocycles. The Balaban J connectivity index is 2.69. The summed E-state index contributed by atoms with van der Waals surface area (Å²) in [5.74, 6) is 1.46. The average molecular weight is 283 g/mol. The predicted octanol–water partition coefficient (Wildman–Crippen LogP) is 1.52. The molecule has 7 heteroatoms. The van der Waals surface area contributed by atoms with Crippen LogP contribution in [-0.4, -0.2) is 53.7 Å². The highest BCUT2D eigenvalue weighted by Gasteiger charge is 2.10. The Labute approximate surface area is 118 Å². The number of rotatable bonds is 7. The second-order valence-corrected chi connectivity index (χ2v) is 4.57. The molecule has 1 heterocycles. The number of hydrogen-bond donors (Lipinski definition) is 2. The fraction of sp³-hybridized carbons (Fsp3) is 0.583. The minimum atomic E-state index is 0.0697. The third kappa shape index (κ3) is 4.59. The first-order valence-corrected chi connectivity index (χ1v) is 7.49. The number of hydrogen-bond acceptors (Lipinski definition) is 6. The zero-order valence-electron chi connectivity index (χ0n) is 11.9. The third-order valence-corrected chi connectivity index (χ3v) is 3.23. The van der Waals surface area contributed by atoms with Crippen molar-refractivity contribution in [2.24, 2.45) is 0 Å². The number of aromatic nitrogens is 2. The summed E-state index contributed by atoms with van der Waals surface area (Å²) >= 11 is 1.46. The van der Waals surface area contributed by atoms with Crippen molar-refractivity contribution < 1.29 is 4.79 Å². The van der Waals surface area contributed by atoms with E-state index in [0.29, 0.717) is 11.0 Å². The van der Waals surface area contributed by atoms with Gasteiger partial charge in [0.1, 0.15) is 11.6 Å². The molecule has 0 aliphatic heterocycles. The highest BCUT2D eigenvalue weighted by molar-refractivity contribution is 7.98. The Kier molecular flexibility index (Phi) is 6.41. The molecule has 0 aliphatic carbocycles. The number of anilines is 2. The minimum absolute atomic E-state index is 0.0697. The monoisotopic (exact) mass is 283 g/mol. The van der Waals surface area contributed by atoms with Crippen molar-refractivity contribution in [2.75, 3.05) is 43.6 Å². The summed E-state index contributed by atoms with van der Waals surface area (Å²) in [6.45, 7) is 5.63. The van der Waals surface area contributed by atoms with Gasteiger partial charge in [-0.1, -0.05) is 11.8 Å². The maximum Gasteiger partial charge on any atom is 0.241 e. The highest BCUT2D eigenvalue weighted by atomic mass is 32.2. The predicted molar refractivity (Wildman–Crippen MR) is 79.8 cm³/mol. The van der Waals surface area contributed by atoms with E-state index in [-0.39, 0.29) is 12.5 Å². The molecular weight excluding hydrogens is 262 g/mol. The average Bonchev–Trinajstić information content (AvgIpc) is 2.45. The van der Waals surface area contributed by atoms with Gasteiger partial charge in [0, 0.05) is 26.2 Å². The second kappa shape index (κ2) is 7.83. The molecule has 0 saturated heterocycles. The minimum Gasteiger partial charge on any atom is -0.373 e. The van der Waals surface area contributed by atoms with Crippen molar-refractivity contribution in [3.8, 4) is 0 Å². The molecule has 0 unspecified atom stereocenters. The molecule has 6 nitrogen and oxygen atoms in total. The molecule has 0 aliphatic rings. The number of likely N-dealkylation sites (N-methyl/N-ethyl adjacent to an activating group) is 1. The van der Waals surface area contributed by atoms with Gasteiger partial charge in [-0.15, -0.1) is 0 Å². The van der Waals surface area contributed by atoms with E-state index in [1.54, 1.807) is 18.0 Å². The van der Waals surface area contributed by atoms with Crippen molar-refractivity contribution >= 4 is 29.3 Å². The number of amides is 1. The van der Waals surface area contributed by atoms with Gasteiger partial charge < -0.3 is 15.5 Å². The van der Waals surface area contributed by atoms with Gasteiger partial charge in [-0.2, -0.15) is 0 Å². The summed E-state index contributed by atoms with van der Waals surface area (Å²) in [7, 11) is 1.80. The SMILES string of the molecule is CCN(CC)C(=O)CNc1cc(NC)nc(SC)n1. The van der Waals surface area contributed by atoms with Crippen LogP contribution in [0.4, 0.5) is 11.6 Å². The molecule has 0 fully saturated rings. The number of carbonyl (C=O) groups is 1. The van der Waals surface area contributed by atoms with E-state index >= 15 is 0 Å². The van der Waals surface area contributed by atoms with Crippen LogP contribution in [0.5, 0.6) is 0 Å². The molecule has 0 atom stereocenters. The molecule has 1 amide bonds. The van der Waals surface area contributed by atoms with Gasteiger partial charge in [0.05, 0.1) is 6.54 Å². The van der Waals surface area contributed by atoms with Crippen LogP contribution in [-0.2, 0) is 4.79 Å². The molecule has 0 radical (unpaired) electrons. The first-order valence-electron chi connectivity index (χ1n) is 6.27. The highest BCUT2D eigenvalue weighted by Crippen LogP contribution is 2.16. The van der Waals surface area contributed by atoms with E-state index < -0.39 is 0 Å². The fourth-order valence-corrected chi connectivity index (χ4v) is 1.97. The molecule has 19 heavy (non-hydrogen) atoms. The van der Waals surface area contributed by atoms with Gasteiger partial charge in [-0.25, -0.2) is 9.97 Å². The number of nitrogens with zero attached hydrogens (tertiary/aromatic N) is 3. The van der Waals surface area contributed by atoms with Crippen LogP contribution in [0.3, 0.4) is 0 Å². The van der Waals surface area contributed by atoms with Crippen LogP contribution in [0.2, 0.25) is 0 Å². The largest absolute Gasteiger partial charge is 0.373 e. The fourth-order valence-electron chi connectivity index (χ4n) is 1.59. The Morgan fingerprint density at radius 3 is 2.47 bits per heavy atom. The van der Waals surface area contributed by atoms with Gasteiger partial charge in [0.2, 0.25) is 5.91 Å². The Hall–Kier alpha value is -1.50. The zero-order chi connectivity index (χ0) is 14.3. The van der Waals surface area contributed by atoms with Gasteiger partial charge >= 0.3 is 0 Å². The molecule has 106 valence electrons. The van der Waals surface area contributed by atoms with E-state index in [1.165, 1.54) is 11.8 Å². The lowest BCUT2D eigenvalue weighted by molar-refractivity contribution is -0.128. The van der Waals surface area contributed by atoms with Crippen molar-refractivity contribution in [2.45, 2.75) is 19.0 Å². The maximum absolute atomic E-state index is 11.9. The lowest BCUT2D eigenvalue weighted by Gasteiger charge is -2.19. The topological polar surface area (TPSA) is 70.2 Å². The van der Waals surface area contributed by atoms with Crippen LogP contribution in [0.1, 0.15) is 13.8 Å². The Morgan fingerprint density at radius 1 is 1.32 bits per heavy atom. The van der Waals surface area contributed by atoms with E-state index in [9.17, 15) is 4.79 Å². The van der Waals surface area contributed by atoms with Crippen molar-refractivity contribution in [3.63, 3.8) is 0 Å². The molecule has 0 bridgehead atoms. The molecular formula is C12H21N5OS. The van der Waals surface area contributed by atoms with Crippen molar-refractivity contribution in [1.29, 1.82) is 0 Å². The van der Waals surface area contributed by atoms with Gasteiger partial charge in [0.15, 0.2) is 5.16 Å². The number of nitrogens with one attached hydrogen (secondary N) is 2. The quantitative estimate of drug-likeness (QED) is 0.584. The van der Waals surface area contributed by atoms with Crippen molar-refractivity contribution in [1.82, 2.24) is 14.9 Å².